The van der Waals surface area contributed by atoms with Gasteiger partial charge in [0.15, 0.2) is 0 Å². The third kappa shape index (κ3) is 2.61. The molecular weight excluding hydrogens is 254 g/mol. The quantitative estimate of drug-likeness (QED) is 0.584. The van der Waals surface area contributed by atoms with E-state index in [2.05, 4.69) is 20.2 Å². The van der Waals surface area contributed by atoms with Crippen molar-refractivity contribution < 1.29 is 9.72 Å². The molecule has 100 valence electrons. The van der Waals surface area contributed by atoms with Crippen LogP contribution in [0, 0.1) is 16.0 Å². The van der Waals surface area contributed by atoms with Gasteiger partial charge >= 0.3 is 12.0 Å². The highest BCUT2D eigenvalue weighted by molar-refractivity contribution is 5.77. The van der Waals surface area contributed by atoms with Gasteiger partial charge in [-0.05, 0) is 15.8 Å². The Kier molecular flexibility index (Phi) is 3.31. The number of aromatic nitrogens is 6. The van der Waals surface area contributed by atoms with Gasteiger partial charge in [-0.2, -0.15) is 9.78 Å². The smallest absolute Gasteiger partial charge is 0.390 e. The lowest BCUT2D eigenvalue weighted by molar-refractivity contribution is -0.394. The fourth-order valence-electron chi connectivity index (χ4n) is 1.46. The first-order valence-electron chi connectivity index (χ1n) is 5.48. The van der Waals surface area contributed by atoms with E-state index in [-0.39, 0.29) is 11.7 Å². The molecule has 10 nitrogen and oxygen atoms in total. The van der Waals surface area contributed by atoms with Crippen LogP contribution in [0.4, 0.5) is 10.7 Å². The SMILES string of the molecule is CC(C)Cc1nc([N+](=O)[O-])nn1C(=O)n1cncn1. The summed E-state index contributed by atoms with van der Waals surface area (Å²) in [5.41, 5.74) is 0. The number of carbonyl (C=O) groups is 1. The van der Waals surface area contributed by atoms with Crippen LogP contribution in [-0.4, -0.2) is 40.5 Å². The normalized spacial score (nSPS) is 10.9. The van der Waals surface area contributed by atoms with Crippen LogP contribution in [0.1, 0.15) is 19.7 Å². The summed E-state index contributed by atoms with van der Waals surface area (Å²) in [7, 11) is 0. The molecule has 0 amide bonds. The van der Waals surface area contributed by atoms with E-state index in [1.54, 1.807) is 0 Å². The average Bonchev–Trinajstić information content (AvgIpc) is 2.95. The van der Waals surface area contributed by atoms with Crippen LogP contribution >= 0.6 is 0 Å². The minimum atomic E-state index is -0.741. The molecule has 19 heavy (non-hydrogen) atoms. The Morgan fingerprint density at radius 2 is 2.26 bits per heavy atom. The van der Waals surface area contributed by atoms with Crippen LogP contribution in [-0.2, 0) is 6.42 Å². The maximum atomic E-state index is 12.0. The Hall–Kier alpha value is -2.65. The summed E-state index contributed by atoms with van der Waals surface area (Å²) in [5, 5.41) is 17.9. The molecule has 0 saturated heterocycles. The lowest BCUT2D eigenvalue weighted by Gasteiger charge is -2.01. The molecule has 2 heterocycles. The van der Waals surface area contributed by atoms with E-state index in [0.717, 1.165) is 9.36 Å². The molecule has 2 aromatic heterocycles. The van der Waals surface area contributed by atoms with Crippen molar-refractivity contribution in [2.45, 2.75) is 20.3 Å². The standard InChI is InChI=1S/C9H11N7O3/c1-6(2)3-7-12-8(16(18)19)13-15(7)9(17)14-5-10-4-11-14/h4-6H,3H2,1-2H3. The highest BCUT2D eigenvalue weighted by Gasteiger charge is 2.27. The highest BCUT2D eigenvalue weighted by atomic mass is 16.6. The van der Waals surface area contributed by atoms with Crippen molar-refractivity contribution in [2.24, 2.45) is 5.92 Å². The van der Waals surface area contributed by atoms with Crippen LogP contribution in [0.5, 0.6) is 0 Å². The summed E-state index contributed by atoms with van der Waals surface area (Å²) in [4.78, 5) is 29.4. The van der Waals surface area contributed by atoms with Gasteiger partial charge in [-0.15, -0.1) is 0 Å². The van der Waals surface area contributed by atoms with Gasteiger partial charge in [-0.1, -0.05) is 18.5 Å². The van der Waals surface area contributed by atoms with E-state index in [1.165, 1.54) is 12.7 Å². The first-order chi connectivity index (χ1) is 8.99. The Labute approximate surface area is 107 Å². The summed E-state index contributed by atoms with van der Waals surface area (Å²) >= 11 is 0. The number of nitrogens with zero attached hydrogens (tertiary/aromatic N) is 7. The Bertz CT molecular complexity index is 601. The summed E-state index contributed by atoms with van der Waals surface area (Å²) in [6.45, 7) is 3.82. The molecule has 10 heteroatoms. The minimum absolute atomic E-state index is 0.172. The van der Waals surface area contributed by atoms with Crippen LogP contribution in [0.25, 0.3) is 0 Å². The highest BCUT2D eigenvalue weighted by Crippen LogP contribution is 2.11. The molecule has 0 aliphatic rings. The molecular formula is C9H11N7O3. The molecule has 0 radical (unpaired) electrons. The van der Waals surface area contributed by atoms with Gasteiger partial charge < -0.3 is 10.1 Å². The number of hydrogen-bond acceptors (Lipinski definition) is 7. The minimum Gasteiger partial charge on any atom is -0.390 e. The lowest BCUT2D eigenvalue weighted by atomic mass is 10.1. The number of nitro groups is 1. The van der Waals surface area contributed by atoms with Crippen LogP contribution in [0.3, 0.4) is 0 Å². The van der Waals surface area contributed by atoms with Crippen molar-refractivity contribution in [1.29, 1.82) is 0 Å². The number of rotatable bonds is 3. The van der Waals surface area contributed by atoms with E-state index in [4.69, 9.17) is 0 Å². The zero-order valence-corrected chi connectivity index (χ0v) is 10.3. The van der Waals surface area contributed by atoms with E-state index in [0.29, 0.717) is 6.42 Å². The van der Waals surface area contributed by atoms with Crippen molar-refractivity contribution in [3.63, 3.8) is 0 Å². The van der Waals surface area contributed by atoms with Gasteiger partial charge in [0, 0.05) is 11.5 Å². The van der Waals surface area contributed by atoms with Crippen LogP contribution in [0.15, 0.2) is 12.7 Å². The second-order valence-corrected chi connectivity index (χ2v) is 4.22. The second-order valence-electron chi connectivity index (χ2n) is 4.22. The fraction of sp³-hybridized carbons (Fsp3) is 0.444. The molecule has 0 aliphatic carbocycles. The summed E-state index contributed by atoms with van der Waals surface area (Å²) in [5.74, 6) is -0.211. The van der Waals surface area contributed by atoms with Crippen molar-refractivity contribution in [2.75, 3.05) is 0 Å². The zero-order chi connectivity index (χ0) is 14.0. The second kappa shape index (κ2) is 4.92. The molecule has 0 spiro atoms. The Morgan fingerprint density at radius 3 is 2.79 bits per heavy atom. The third-order valence-corrected chi connectivity index (χ3v) is 2.21. The third-order valence-electron chi connectivity index (χ3n) is 2.21. The Morgan fingerprint density at radius 1 is 1.53 bits per heavy atom. The predicted octanol–water partition coefficient (Wildman–Crippen LogP) is 0.493. The molecule has 0 aliphatic heterocycles. The van der Waals surface area contributed by atoms with Gasteiger partial charge in [-0.25, -0.2) is 9.78 Å². The van der Waals surface area contributed by atoms with Crippen molar-refractivity contribution in [3.05, 3.63) is 28.6 Å². The van der Waals surface area contributed by atoms with Gasteiger partial charge in [-0.3, -0.25) is 0 Å². The average molecular weight is 265 g/mol. The number of carbonyl (C=O) groups excluding carboxylic acids is 1. The van der Waals surface area contributed by atoms with E-state index in [9.17, 15) is 14.9 Å². The topological polar surface area (TPSA) is 122 Å². The molecule has 2 aromatic rings. The molecule has 0 bridgehead atoms. The maximum Gasteiger partial charge on any atom is 0.491 e. The van der Waals surface area contributed by atoms with Gasteiger partial charge in [0.25, 0.3) is 0 Å². The summed E-state index contributed by atoms with van der Waals surface area (Å²) in [6.07, 6.45) is 2.77. The zero-order valence-electron chi connectivity index (χ0n) is 10.3. The maximum absolute atomic E-state index is 12.0. The van der Waals surface area contributed by atoms with E-state index in [1.807, 2.05) is 13.8 Å². The van der Waals surface area contributed by atoms with Crippen molar-refractivity contribution in [3.8, 4) is 0 Å². The largest absolute Gasteiger partial charge is 0.491 e. The monoisotopic (exact) mass is 265 g/mol. The van der Waals surface area contributed by atoms with E-state index >= 15 is 0 Å². The van der Waals surface area contributed by atoms with Crippen molar-refractivity contribution >= 4 is 12.0 Å². The van der Waals surface area contributed by atoms with Crippen molar-refractivity contribution in [1.82, 2.24) is 29.5 Å². The lowest BCUT2D eigenvalue weighted by Crippen LogP contribution is -2.24. The van der Waals surface area contributed by atoms with Gasteiger partial charge in [0.1, 0.15) is 12.7 Å². The molecule has 2 rings (SSSR count). The fourth-order valence-corrected chi connectivity index (χ4v) is 1.46. The van der Waals surface area contributed by atoms with Crippen LogP contribution in [0.2, 0.25) is 0 Å². The first kappa shape index (κ1) is 12.8. The first-order valence-corrected chi connectivity index (χ1v) is 5.48. The van der Waals surface area contributed by atoms with E-state index < -0.39 is 16.9 Å². The molecule has 0 N–H and O–H groups in total. The van der Waals surface area contributed by atoms with Crippen LogP contribution < -0.4 is 0 Å². The summed E-state index contributed by atoms with van der Waals surface area (Å²) in [6, 6.07) is -0.659. The molecule has 0 saturated carbocycles. The summed E-state index contributed by atoms with van der Waals surface area (Å²) < 4.78 is 1.81. The predicted molar refractivity (Wildman–Crippen MR) is 61.4 cm³/mol. The van der Waals surface area contributed by atoms with Gasteiger partial charge in [0.2, 0.25) is 5.82 Å². The Balaban J connectivity index is 2.42. The molecule has 0 fully saturated rings. The number of hydrogen-bond donors (Lipinski definition) is 0. The van der Waals surface area contributed by atoms with Gasteiger partial charge in [0.05, 0.1) is 0 Å². The molecule has 0 aromatic carbocycles. The molecule has 0 unspecified atom stereocenters. The molecule has 0 atom stereocenters.